The Hall–Kier alpha value is 0.830. The molecule has 0 unspecified atom stereocenters. The van der Waals surface area contributed by atoms with Crippen LogP contribution in [0.1, 0.15) is 5.56 Å². The van der Waals surface area contributed by atoms with Gasteiger partial charge in [0.2, 0.25) is 0 Å². The van der Waals surface area contributed by atoms with Gasteiger partial charge in [-0.3, -0.25) is 0 Å². The molecular formula is C7H8ClFMgZn. The zero-order chi connectivity index (χ0) is 6.53. The topological polar surface area (TPSA) is 0 Å². The molecule has 1 aromatic carbocycles. The Morgan fingerprint density at radius 2 is 1.73 bits per heavy atom. The molecule has 4 heteroatoms. The summed E-state index contributed by atoms with van der Waals surface area (Å²) >= 11 is -1.28. The minimum atomic E-state index is -1.28. The molecule has 0 saturated carbocycles. The normalized spacial score (nSPS) is 7.00. The SMILES string of the molecule is Cl.[F][Mg][CH2]c1ccccc1.[Zn]. The standard InChI is InChI=1S/C7H7.ClH.FH.Mg.Zn/c1-7-5-3-2-4-6-7;;;;/h2-6H,1H2;2*1H;;/q;;;+1;/p-1. The molecule has 1 rings (SSSR count). The first kappa shape index (κ1) is 14.4. The first-order chi connectivity index (χ1) is 4.43. The van der Waals surface area contributed by atoms with Gasteiger partial charge in [0.1, 0.15) is 0 Å². The predicted octanol–water partition coefficient (Wildman–Crippen LogP) is 2.19. The van der Waals surface area contributed by atoms with Crippen molar-refractivity contribution in [3.8, 4) is 0 Å². The van der Waals surface area contributed by atoms with E-state index in [4.69, 9.17) is 0 Å². The molecule has 11 heavy (non-hydrogen) atoms. The van der Waals surface area contributed by atoms with E-state index in [2.05, 4.69) is 0 Å². The van der Waals surface area contributed by atoms with Gasteiger partial charge in [0.25, 0.3) is 0 Å². The second-order valence-corrected chi connectivity index (χ2v) is 2.80. The van der Waals surface area contributed by atoms with E-state index in [0.717, 1.165) is 5.56 Å². The second-order valence-electron chi connectivity index (χ2n) is 1.92. The van der Waals surface area contributed by atoms with Gasteiger partial charge < -0.3 is 2.96 Å². The molecule has 0 aromatic heterocycles. The van der Waals surface area contributed by atoms with Crippen molar-refractivity contribution >= 4 is 33.3 Å². The molecule has 0 aliphatic rings. The molecule has 0 bridgehead atoms. The molecule has 0 aliphatic carbocycles. The number of hydrogen-bond acceptors (Lipinski definition) is 0. The maximum absolute atomic E-state index is 11.8. The Balaban J connectivity index is 0. The Labute approximate surface area is 95.6 Å². The van der Waals surface area contributed by atoms with E-state index in [-0.39, 0.29) is 31.9 Å². The van der Waals surface area contributed by atoms with Gasteiger partial charge in [0.15, 0.2) is 0 Å². The molecule has 0 radical (unpaired) electrons. The van der Waals surface area contributed by atoms with Crippen molar-refractivity contribution in [2.45, 2.75) is 4.55 Å². The van der Waals surface area contributed by atoms with Crippen LogP contribution < -0.4 is 0 Å². The molecule has 0 N–H and O–H groups in total. The number of hydrogen-bond donors (Lipinski definition) is 0. The van der Waals surface area contributed by atoms with Gasteiger partial charge in [-0.2, -0.15) is 0 Å². The third kappa shape index (κ3) is 6.03. The summed E-state index contributed by atoms with van der Waals surface area (Å²) in [6.45, 7) is 0. The van der Waals surface area contributed by atoms with Gasteiger partial charge in [-0.1, -0.05) is 40.4 Å². The number of rotatable bonds is 2. The van der Waals surface area contributed by atoms with Crippen LogP contribution in [0, 0.1) is 0 Å². The quantitative estimate of drug-likeness (QED) is 0.691. The van der Waals surface area contributed by atoms with Crippen molar-refractivity contribution in [3.63, 3.8) is 0 Å². The second kappa shape index (κ2) is 8.92. The van der Waals surface area contributed by atoms with Crippen LogP contribution in [-0.4, -0.2) is 20.9 Å². The minimum Gasteiger partial charge on any atom is -0.485 e. The molecule has 0 heterocycles. The summed E-state index contributed by atoms with van der Waals surface area (Å²) in [6.07, 6.45) is 0. The van der Waals surface area contributed by atoms with Gasteiger partial charge in [0.05, 0.1) is 0 Å². The minimum absolute atomic E-state index is 0. The van der Waals surface area contributed by atoms with Crippen molar-refractivity contribution in [1.82, 2.24) is 0 Å². The molecule has 0 aliphatic heterocycles. The molecular weight excluding hydrogens is 228 g/mol. The van der Waals surface area contributed by atoms with Crippen molar-refractivity contribution in [3.05, 3.63) is 35.9 Å². The van der Waals surface area contributed by atoms with Crippen molar-refractivity contribution in [1.29, 1.82) is 0 Å². The monoisotopic (exact) mass is 234 g/mol. The largest absolute Gasteiger partial charge is 0.619 e. The van der Waals surface area contributed by atoms with Crippen LogP contribution in [0.2, 0.25) is 0 Å². The molecule has 54 valence electrons. The summed E-state index contributed by atoms with van der Waals surface area (Å²) in [7, 11) is 0. The predicted molar refractivity (Wildman–Crippen MR) is 44.3 cm³/mol. The zero-order valence-corrected chi connectivity index (χ0v) is 11.5. The summed E-state index contributed by atoms with van der Waals surface area (Å²) in [5.41, 5.74) is 1.13. The van der Waals surface area contributed by atoms with Gasteiger partial charge in [-0.15, -0.1) is 12.4 Å². The molecule has 0 nitrogen and oxygen atoms in total. The first-order valence-corrected chi connectivity index (χ1v) is 4.57. The van der Waals surface area contributed by atoms with Gasteiger partial charge in [-0.05, 0) is 0 Å². The van der Waals surface area contributed by atoms with E-state index in [1.54, 1.807) is 0 Å². The summed E-state index contributed by atoms with van der Waals surface area (Å²) in [5, 5.41) is 0. The van der Waals surface area contributed by atoms with E-state index in [0.29, 0.717) is 4.55 Å². The van der Waals surface area contributed by atoms with Crippen LogP contribution in [0.3, 0.4) is 0 Å². The Kier molecular flexibility index (Phi) is 11.6. The van der Waals surface area contributed by atoms with Crippen LogP contribution in [0.25, 0.3) is 0 Å². The van der Waals surface area contributed by atoms with E-state index >= 15 is 0 Å². The molecule has 0 fully saturated rings. The zero-order valence-electron chi connectivity index (χ0n) is 6.29. The number of benzene rings is 1. The Morgan fingerprint density at radius 1 is 1.18 bits per heavy atom. The molecule has 0 atom stereocenters. The maximum Gasteiger partial charge on any atom is 0.619 e. The molecule has 0 saturated heterocycles. The molecule has 1 aromatic rings. The summed E-state index contributed by atoms with van der Waals surface area (Å²) in [5.74, 6) is 0. The van der Waals surface area contributed by atoms with Crippen LogP contribution in [0.15, 0.2) is 30.3 Å². The summed E-state index contributed by atoms with van der Waals surface area (Å²) in [4.78, 5) is 0. The van der Waals surface area contributed by atoms with Crippen molar-refractivity contribution in [2.75, 3.05) is 0 Å². The van der Waals surface area contributed by atoms with Gasteiger partial charge in [-0.25, -0.2) is 0 Å². The average Bonchev–Trinajstić information content (AvgIpc) is 1.91. The molecule has 0 spiro atoms. The smallest absolute Gasteiger partial charge is 0.485 e. The Bertz CT molecular complexity index is 171. The van der Waals surface area contributed by atoms with E-state index in [1.807, 2.05) is 30.3 Å². The maximum atomic E-state index is 11.8. The fourth-order valence-corrected chi connectivity index (χ4v) is 1.31. The van der Waals surface area contributed by atoms with Crippen molar-refractivity contribution in [2.24, 2.45) is 0 Å². The third-order valence-electron chi connectivity index (χ3n) is 1.23. The van der Waals surface area contributed by atoms with E-state index < -0.39 is 20.9 Å². The first-order valence-electron chi connectivity index (χ1n) is 3.03. The van der Waals surface area contributed by atoms with Gasteiger partial charge >= 0.3 is 20.9 Å². The van der Waals surface area contributed by atoms with Crippen LogP contribution in [-0.2, 0) is 24.0 Å². The third-order valence-corrected chi connectivity index (χ3v) is 1.99. The van der Waals surface area contributed by atoms with Crippen LogP contribution in [0.5, 0.6) is 0 Å². The average molecular weight is 236 g/mol. The number of halogens is 2. The van der Waals surface area contributed by atoms with E-state index in [1.165, 1.54) is 0 Å². The summed E-state index contributed by atoms with van der Waals surface area (Å²) < 4.78 is 12.5. The fourth-order valence-electron chi connectivity index (χ4n) is 0.754. The van der Waals surface area contributed by atoms with Crippen molar-refractivity contribution < 1.29 is 22.4 Å². The summed E-state index contributed by atoms with van der Waals surface area (Å²) in [6, 6.07) is 9.77. The van der Waals surface area contributed by atoms with E-state index in [9.17, 15) is 2.96 Å². The fraction of sp³-hybridized carbons (Fsp3) is 0.143. The molecule has 0 amide bonds. The van der Waals surface area contributed by atoms with Crippen LogP contribution >= 0.6 is 12.4 Å². The Morgan fingerprint density at radius 3 is 2.18 bits per heavy atom. The van der Waals surface area contributed by atoms with Gasteiger partial charge in [0, 0.05) is 19.5 Å². The van der Waals surface area contributed by atoms with Crippen LogP contribution in [0.4, 0.5) is 2.96 Å².